The van der Waals surface area contributed by atoms with E-state index < -0.39 is 56.2 Å². The number of hydrogen-bond acceptors (Lipinski definition) is 9. The number of rotatable bonds is 12. The summed E-state index contributed by atoms with van der Waals surface area (Å²) in [7, 11) is -3.84. The fourth-order valence-corrected chi connectivity index (χ4v) is 7.83. The van der Waals surface area contributed by atoms with Crippen molar-refractivity contribution >= 4 is 38.9 Å². The van der Waals surface area contributed by atoms with E-state index in [-0.39, 0.29) is 23.7 Å². The maximum Gasteiger partial charge on any atom is 0.263 e. The van der Waals surface area contributed by atoms with Gasteiger partial charge in [0.15, 0.2) is 9.84 Å². The molecule has 3 unspecified atom stereocenters. The van der Waals surface area contributed by atoms with Gasteiger partial charge >= 0.3 is 0 Å². The van der Waals surface area contributed by atoms with E-state index in [0.29, 0.717) is 24.8 Å². The van der Waals surface area contributed by atoms with Gasteiger partial charge in [-0.1, -0.05) is 49.6 Å². The number of hydrogen-bond donors (Lipinski definition) is 4. The van der Waals surface area contributed by atoms with Gasteiger partial charge in [-0.2, -0.15) is 0 Å². The highest BCUT2D eigenvalue weighted by Gasteiger charge is 2.46. The molecule has 2 aromatic rings. The molecule has 2 aliphatic rings. The van der Waals surface area contributed by atoms with Crippen molar-refractivity contribution in [2.75, 3.05) is 19.3 Å². The van der Waals surface area contributed by atoms with Crippen LogP contribution in [0.3, 0.4) is 0 Å². The standard InChI is InChI=1S/C34H51N5O6S2/c1-33(2,3)38-30(41)26-17-23-14-10-11-15-24(23)19-39(26)20-27(40)25(16-22-12-8-7-9-13-22)36-32(43)29(34(4,5)47(6,44)45)37-31(42)28-18-35-21-46-28/h7-9,12-13,18,21,23-27,29,40H,10-11,14-17,19-20H2,1-6H3,(H,36,43)(H,37,42)(H,38,41)/t23-,24+,25?,26?,27?,29+/m0/s1. The number of aromatic nitrogens is 1. The molecule has 1 saturated heterocycles. The average molecular weight is 690 g/mol. The molecule has 4 N–H and O–H groups in total. The number of likely N-dealkylation sites (tertiary alicyclic amines) is 1. The fourth-order valence-electron chi connectivity index (χ4n) is 6.71. The molecule has 3 amide bonds. The highest BCUT2D eigenvalue weighted by atomic mass is 32.2. The number of nitrogens with zero attached hydrogens (tertiary/aromatic N) is 2. The van der Waals surface area contributed by atoms with E-state index in [1.165, 1.54) is 25.6 Å². The molecule has 2 fully saturated rings. The molecule has 13 heteroatoms. The van der Waals surface area contributed by atoms with Crippen LogP contribution in [0.4, 0.5) is 0 Å². The van der Waals surface area contributed by atoms with Gasteiger partial charge in [-0.05, 0) is 71.3 Å². The van der Waals surface area contributed by atoms with E-state index in [0.717, 1.165) is 48.8 Å². The summed E-state index contributed by atoms with van der Waals surface area (Å²) in [5, 5.41) is 20.5. The monoisotopic (exact) mass is 689 g/mol. The Balaban J connectivity index is 1.62. The van der Waals surface area contributed by atoms with Crippen LogP contribution in [0.1, 0.15) is 82.0 Å². The minimum atomic E-state index is -3.84. The minimum absolute atomic E-state index is 0.0712. The first-order valence-corrected chi connectivity index (χ1v) is 19.2. The Morgan fingerprint density at radius 1 is 1.04 bits per heavy atom. The van der Waals surface area contributed by atoms with Crippen molar-refractivity contribution in [3.8, 4) is 0 Å². The number of aliphatic hydroxyl groups is 1. The van der Waals surface area contributed by atoms with Crippen LogP contribution in [-0.2, 0) is 25.8 Å². The van der Waals surface area contributed by atoms with E-state index in [2.05, 4.69) is 25.8 Å². The first-order chi connectivity index (χ1) is 22.0. The number of benzene rings is 1. The first-order valence-electron chi connectivity index (χ1n) is 16.4. The number of fused-ring (bicyclic) bond motifs is 1. The summed E-state index contributed by atoms with van der Waals surface area (Å²) in [5.74, 6) is -0.537. The Kier molecular flexibility index (Phi) is 11.9. The summed E-state index contributed by atoms with van der Waals surface area (Å²) in [6.45, 7) is 9.45. The molecule has 1 aliphatic carbocycles. The van der Waals surface area contributed by atoms with Crippen LogP contribution in [0, 0.1) is 11.8 Å². The SMILES string of the molecule is CC(C)(C)NC(=O)C1C[C@@H]2CCCC[C@@H]2CN1CC(O)C(Cc1ccccc1)NC(=O)[C@@H](NC(=O)c1cncs1)C(C)(C)S(C)(=O)=O. The second-order valence-electron chi connectivity index (χ2n) is 14.8. The van der Waals surface area contributed by atoms with Crippen molar-refractivity contribution in [3.63, 3.8) is 0 Å². The molecule has 47 heavy (non-hydrogen) atoms. The fraction of sp³-hybridized carbons (Fsp3) is 0.647. The Hall–Kier alpha value is -2.87. The molecular weight excluding hydrogens is 639 g/mol. The molecule has 0 spiro atoms. The molecule has 11 nitrogen and oxygen atoms in total. The van der Waals surface area contributed by atoms with Crippen LogP contribution < -0.4 is 16.0 Å². The third-order valence-electron chi connectivity index (χ3n) is 9.66. The lowest BCUT2D eigenvalue weighted by atomic mass is 9.72. The van der Waals surface area contributed by atoms with Crippen LogP contribution in [0.2, 0.25) is 0 Å². The third-order valence-corrected chi connectivity index (χ3v) is 12.6. The smallest absolute Gasteiger partial charge is 0.263 e. The summed E-state index contributed by atoms with van der Waals surface area (Å²) in [5.41, 5.74) is 1.92. The van der Waals surface area contributed by atoms with Crippen LogP contribution in [0.5, 0.6) is 0 Å². The van der Waals surface area contributed by atoms with Gasteiger partial charge in [0.25, 0.3) is 5.91 Å². The van der Waals surface area contributed by atoms with Crippen molar-refractivity contribution in [3.05, 3.63) is 52.5 Å². The predicted octanol–water partition coefficient (Wildman–Crippen LogP) is 2.95. The highest BCUT2D eigenvalue weighted by molar-refractivity contribution is 7.92. The average Bonchev–Trinajstić information content (AvgIpc) is 3.53. The van der Waals surface area contributed by atoms with Crippen molar-refractivity contribution in [2.24, 2.45) is 11.8 Å². The predicted molar refractivity (Wildman–Crippen MR) is 184 cm³/mol. The second-order valence-corrected chi connectivity index (χ2v) is 18.3. The van der Waals surface area contributed by atoms with E-state index >= 15 is 0 Å². The van der Waals surface area contributed by atoms with Crippen molar-refractivity contribution in [1.82, 2.24) is 25.8 Å². The molecule has 6 atom stereocenters. The van der Waals surface area contributed by atoms with Gasteiger partial charge in [0.1, 0.15) is 10.9 Å². The number of amides is 3. The zero-order chi connectivity index (χ0) is 34.6. The maximum atomic E-state index is 14.1. The second kappa shape index (κ2) is 15.1. The first kappa shape index (κ1) is 37.0. The van der Waals surface area contributed by atoms with E-state index in [1.54, 1.807) is 0 Å². The Morgan fingerprint density at radius 2 is 1.70 bits per heavy atom. The Labute approximate surface area is 283 Å². The van der Waals surface area contributed by atoms with E-state index in [4.69, 9.17) is 0 Å². The van der Waals surface area contributed by atoms with Crippen LogP contribution in [0.15, 0.2) is 42.0 Å². The summed E-state index contributed by atoms with van der Waals surface area (Å²) in [6.07, 6.45) is 6.72. The summed E-state index contributed by atoms with van der Waals surface area (Å²) < 4.78 is 24.2. The maximum absolute atomic E-state index is 14.1. The van der Waals surface area contributed by atoms with Crippen LogP contribution in [0.25, 0.3) is 0 Å². The summed E-state index contributed by atoms with van der Waals surface area (Å²) in [6, 6.07) is 6.65. The van der Waals surface area contributed by atoms with Gasteiger partial charge < -0.3 is 21.1 Å². The number of nitrogens with one attached hydrogen (secondary N) is 3. The molecule has 1 saturated carbocycles. The van der Waals surface area contributed by atoms with Gasteiger partial charge in [-0.25, -0.2) is 8.42 Å². The third kappa shape index (κ3) is 9.61. The highest BCUT2D eigenvalue weighted by Crippen LogP contribution is 2.39. The lowest BCUT2D eigenvalue weighted by molar-refractivity contribution is -0.133. The molecule has 4 rings (SSSR count). The number of piperidine rings is 1. The van der Waals surface area contributed by atoms with Crippen molar-refractivity contribution in [2.45, 2.75) is 108 Å². The molecule has 1 aromatic heterocycles. The summed E-state index contributed by atoms with van der Waals surface area (Å²) >= 11 is 1.07. The quantitative estimate of drug-likeness (QED) is 0.265. The molecule has 0 bridgehead atoms. The largest absolute Gasteiger partial charge is 0.390 e. The Morgan fingerprint density at radius 3 is 2.30 bits per heavy atom. The van der Waals surface area contributed by atoms with Crippen molar-refractivity contribution < 1.29 is 27.9 Å². The number of carbonyl (C=O) groups excluding carboxylic acids is 3. The lowest BCUT2D eigenvalue weighted by Crippen LogP contribution is -2.64. The van der Waals surface area contributed by atoms with Gasteiger partial charge in [-0.15, -0.1) is 11.3 Å². The van der Waals surface area contributed by atoms with Gasteiger partial charge in [-0.3, -0.25) is 24.3 Å². The van der Waals surface area contributed by atoms with Crippen LogP contribution in [-0.4, -0.2) is 95.0 Å². The zero-order valence-electron chi connectivity index (χ0n) is 28.4. The number of thiazole rings is 1. The molecule has 260 valence electrons. The van der Waals surface area contributed by atoms with Crippen molar-refractivity contribution in [1.29, 1.82) is 0 Å². The molecular formula is C34H51N5O6S2. The van der Waals surface area contributed by atoms with E-state index in [1.807, 2.05) is 51.1 Å². The van der Waals surface area contributed by atoms with Gasteiger partial charge in [0, 0.05) is 24.9 Å². The van der Waals surface area contributed by atoms with Gasteiger partial charge in [0.2, 0.25) is 11.8 Å². The molecule has 2 heterocycles. The van der Waals surface area contributed by atoms with Gasteiger partial charge in [0.05, 0.1) is 34.6 Å². The normalized spacial score (nSPS) is 22.7. The number of carbonyl (C=O) groups is 3. The number of sulfone groups is 1. The topological polar surface area (TPSA) is 158 Å². The molecule has 1 aromatic carbocycles. The van der Waals surface area contributed by atoms with Crippen LogP contribution >= 0.6 is 11.3 Å². The molecule has 1 aliphatic heterocycles. The zero-order valence-corrected chi connectivity index (χ0v) is 30.0. The minimum Gasteiger partial charge on any atom is -0.390 e. The Bertz CT molecular complexity index is 1480. The molecule has 0 radical (unpaired) electrons. The summed E-state index contributed by atoms with van der Waals surface area (Å²) in [4.78, 5) is 47.0. The lowest BCUT2D eigenvalue weighted by Gasteiger charge is -2.47. The number of β-amino-alcohol motifs (C(OH)–C–C–N with tert-alkyl or cyclic N) is 1. The van der Waals surface area contributed by atoms with E-state index in [9.17, 15) is 27.9 Å². The number of aliphatic hydroxyl groups excluding tert-OH is 1.